The van der Waals surface area contributed by atoms with E-state index in [2.05, 4.69) is 17.2 Å². The van der Waals surface area contributed by atoms with Gasteiger partial charge in [-0.2, -0.15) is 0 Å². The van der Waals surface area contributed by atoms with Crippen LogP contribution in [0, 0.1) is 0 Å². The number of ether oxygens (including phenoxy) is 1. The molecule has 0 saturated carbocycles. The van der Waals surface area contributed by atoms with Crippen molar-refractivity contribution in [2.24, 2.45) is 0 Å². The molecular formula is C15H23N3O2S. The van der Waals surface area contributed by atoms with Crippen LogP contribution in [0.4, 0.5) is 11.5 Å². The maximum atomic E-state index is 11.0. The maximum absolute atomic E-state index is 11.0. The lowest BCUT2D eigenvalue weighted by atomic mass is 10.1. The van der Waals surface area contributed by atoms with Crippen molar-refractivity contribution in [3.63, 3.8) is 0 Å². The predicted molar refractivity (Wildman–Crippen MR) is 87.2 cm³/mol. The number of rotatable bonds is 7. The SMILES string of the molecule is CCCSc1cc(NC2CCOCC2)ncc1N(C)C=O. The minimum Gasteiger partial charge on any atom is -0.381 e. The number of aromatic nitrogens is 1. The Balaban J connectivity index is 2.12. The molecule has 0 atom stereocenters. The van der Waals surface area contributed by atoms with Crippen LogP contribution >= 0.6 is 11.8 Å². The second-order valence-corrected chi connectivity index (χ2v) is 6.27. The fraction of sp³-hybridized carbons (Fsp3) is 0.600. The summed E-state index contributed by atoms with van der Waals surface area (Å²) in [6, 6.07) is 2.47. The third-order valence-electron chi connectivity index (χ3n) is 3.42. The van der Waals surface area contributed by atoms with Crippen molar-refractivity contribution in [1.29, 1.82) is 0 Å². The van der Waals surface area contributed by atoms with Crippen LogP contribution in [0.5, 0.6) is 0 Å². The Morgan fingerprint density at radius 2 is 2.29 bits per heavy atom. The summed E-state index contributed by atoms with van der Waals surface area (Å²) in [7, 11) is 1.76. The quantitative estimate of drug-likeness (QED) is 0.620. The second kappa shape index (κ2) is 8.24. The van der Waals surface area contributed by atoms with Gasteiger partial charge in [0.15, 0.2) is 0 Å². The van der Waals surface area contributed by atoms with Gasteiger partial charge in [0.1, 0.15) is 5.82 Å². The zero-order chi connectivity index (χ0) is 15.1. The van der Waals surface area contributed by atoms with Gasteiger partial charge in [-0.25, -0.2) is 4.98 Å². The molecule has 0 unspecified atom stereocenters. The van der Waals surface area contributed by atoms with Crippen molar-refractivity contribution in [3.8, 4) is 0 Å². The van der Waals surface area contributed by atoms with E-state index in [0.29, 0.717) is 6.04 Å². The van der Waals surface area contributed by atoms with Crippen molar-refractivity contribution >= 4 is 29.7 Å². The molecule has 1 saturated heterocycles. The normalized spacial score (nSPS) is 15.7. The third-order valence-corrected chi connectivity index (χ3v) is 4.67. The lowest BCUT2D eigenvalue weighted by Gasteiger charge is -2.24. The van der Waals surface area contributed by atoms with Crippen LogP contribution in [-0.2, 0) is 9.53 Å². The Morgan fingerprint density at radius 1 is 1.52 bits per heavy atom. The molecule has 0 aliphatic carbocycles. The summed E-state index contributed by atoms with van der Waals surface area (Å²) >= 11 is 1.76. The summed E-state index contributed by atoms with van der Waals surface area (Å²) in [5, 5.41) is 3.47. The number of hydrogen-bond acceptors (Lipinski definition) is 5. The monoisotopic (exact) mass is 309 g/mol. The number of nitrogens with one attached hydrogen (secondary N) is 1. The van der Waals surface area contributed by atoms with E-state index in [1.807, 2.05) is 6.07 Å². The molecular weight excluding hydrogens is 286 g/mol. The summed E-state index contributed by atoms with van der Waals surface area (Å²) in [6.07, 6.45) is 5.71. The molecule has 2 rings (SSSR count). The molecule has 5 nitrogen and oxygen atoms in total. The van der Waals surface area contributed by atoms with Gasteiger partial charge in [0.2, 0.25) is 6.41 Å². The first-order valence-corrected chi connectivity index (χ1v) is 8.38. The lowest BCUT2D eigenvalue weighted by Crippen LogP contribution is -2.28. The van der Waals surface area contributed by atoms with Crippen molar-refractivity contribution in [3.05, 3.63) is 12.3 Å². The Bertz CT molecular complexity index is 464. The molecule has 2 heterocycles. The molecule has 1 aliphatic rings. The van der Waals surface area contributed by atoms with Crippen LogP contribution in [0.3, 0.4) is 0 Å². The highest BCUT2D eigenvalue weighted by atomic mass is 32.2. The molecule has 21 heavy (non-hydrogen) atoms. The lowest BCUT2D eigenvalue weighted by molar-refractivity contribution is -0.107. The van der Waals surface area contributed by atoms with E-state index < -0.39 is 0 Å². The highest BCUT2D eigenvalue weighted by Gasteiger charge is 2.15. The Labute approximate surface area is 130 Å². The minimum absolute atomic E-state index is 0.421. The number of carbonyl (C=O) groups is 1. The molecule has 0 bridgehead atoms. The van der Waals surface area contributed by atoms with Gasteiger partial charge in [-0.05, 0) is 31.1 Å². The standard InChI is InChI=1S/C15H23N3O2S/c1-3-8-21-14-9-15(16-10-13(14)18(2)11-19)17-12-4-6-20-7-5-12/h9-12H,3-8H2,1-2H3,(H,16,17). The molecule has 0 aromatic carbocycles. The van der Waals surface area contributed by atoms with Gasteiger partial charge in [-0.3, -0.25) is 4.79 Å². The summed E-state index contributed by atoms with van der Waals surface area (Å²) in [6.45, 7) is 3.76. The largest absolute Gasteiger partial charge is 0.381 e. The van der Waals surface area contributed by atoms with Gasteiger partial charge in [-0.15, -0.1) is 11.8 Å². The highest BCUT2D eigenvalue weighted by molar-refractivity contribution is 7.99. The molecule has 6 heteroatoms. The zero-order valence-electron chi connectivity index (χ0n) is 12.7. The van der Waals surface area contributed by atoms with Gasteiger partial charge in [0.05, 0.1) is 11.9 Å². The summed E-state index contributed by atoms with van der Waals surface area (Å²) in [5.74, 6) is 1.91. The number of pyridine rings is 1. The van der Waals surface area contributed by atoms with E-state index in [1.165, 1.54) is 0 Å². The van der Waals surface area contributed by atoms with Gasteiger partial charge in [0, 0.05) is 31.2 Å². The van der Waals surface area contributed by atoms with Crippen LogP contribution in [0.1, 0.15) is 26.2 Å². The van der Waals surface area contributed by atoms with Crippen LogP contribution in [0.25, 0.3) is 0 Å². The number of amides is 1. The average Bonchev–Trinajstić information content (AvgIpc) is 2.53. The number of thioether (sulfide) groups is 1. The number of nitrogens with zero attached hydrogens (tertiary/aromatic N) is 2. The van der Waals surface area contributed by atoms with E-state index in [9.17, 15) is 4.79 Å². The maximum Gasteiger partial charge on any atom is 0.213 e. The van der Waals surface area contributed by atoms with Gasteiger partial charge in [-0.1, -0.05) is 6.92 Å². The first kappa shape index (κ1) is 16.1. The molecule has 1 aromatic rings. The zero-order valence-corrected chi connectivity index (χ0v) is 13.5. The van der Waals surface area contributed by atoms with Crippen LogP contribution in [-0.4, -0.2) is 43.5 Å². The van der Waals surface area contributed by atoms with Gasteiger partial charge >= 0.3 is 0 Å². The number of hydrogen-bond donors (Lipinski definition) is 1. The fourth-order valence-electron chi connectivity index (χ4n) is 2.21. The van der Waals surface area contributed by atoms with Crippen LogP contribution < -0.4 is 10.2 Å². The first-order chi connectivity index (χ1) is 10.2. The van der Waals surface area contributed by atoms with Gasteiger partial charge < -0.3 is 15.0 Å². The van der Waals surface area contributed by atoms with E-state index in [4.69, 9.17) is 4.74 Å². The third kappa shape index (κ3) is 4.61. The van der Waals surface area contributed by atoms with E-state index >= 15 is 0 Å². The van der Waals surface area contributed by atoms with Crippen LogP contribution in [0.2, 0.25) is 0 Å². The van der Waals surface area contributed by atoms with E-state index in [1.54, 1.807) is 29.9 Å². The number of anilines is 2. The van der Waals surface area contributed by atoms with Crippen molar-refractivity contribution in [2.45, 2.75) is 37.1 Å². The van der Waals surface area contributed by atoms with Gasteiger partial charge in [0.25, 0.3) is 0 Å². The Kier molecular flexibility index (Phi) is 6.32. The molecule has 116 valence electrons. The molecule has 0 radical (unpaired) electrons. The van der Waals surface area contributed by atoms with E-state index in [-0.39, 0.29) is 0 Å². The summed E-state index contributed by atoms with van der Waals surface area (Å²) < 4.78 is 5.37. The average molecular weight is 309 g/mol. The smallest absolute Gasteiger partial charge is 0.213 e. The molecule has 1 amide bonds. The van der Waals surface area contributed by atoms with Crippen molar-refractivity contribution in [2.75, 3.05) is 36.2 Å². The Morgan fingerprint density at radius 3 is 2.95 bits per heavy atom. The number of carbonyl (C=O) groups excluding carboxylic acids is 1. The summed E-state index contributed by atoms with van der Waals surface area (Å²) in [4.78, 5) is 18.1. The van der Waals surface area contributed by atoms with E-state index in [0.717, 1.165) is 61.0 Å². The molecule has 1 aromatic heterocycles. The Hall–Kier alpha value is -1.27. The first-order valence-electron chi connectivity index (χ1n) is 7.39. The van der Waals surface area contributed by atoms with Crippen molar-refractivity contribution < 1.29 is 9.53 Å². The van der Waals surface area contributed by atoms with Crippen LogP contribution in [0.15, 0.2) is 17.2 Å². The summed E-state index contributed by atoms with van der Waals surface area (Å²) in [5.41, 5.74) is 0.862. The highest BCUT2D eigenvalue weighted by Crippen LogP contribution is 2.31. The molecule has 1 fully saturated rings. The van der Waals surface area contributed by atoms with Crippen molar-refractivity contribution in [1.82, 2.24) is 4.98 Å². The predicted octanol–water partition coefficient (Wildman–Crippen LogP) is 2.77. The minimum atomic E-state index is 0.421. The molecule has 1 N–H and O–H groups in total. The fourth-order valence-corrected chi connectivity index (χ4v) is 3.17. The topological polar surface area (TPSA) is 54.5 Å². The second-order valence-electron chi connectivity index (χ2n) is 5.13. The molecule has 0 spiro atoms. The molecule has 1 aliphatic heterocycles.